The Morgan fingerprint density at radius 3 is 2.84 bits per heavy atom. The molecule has 1 aromatic heterocycles. The van der Waals surface area contributed by atoms with Gasteiger partial charge in [-0.3, -0.25) is 9.59 Å². The molecule has 0 radical (unpaired) electrons. The van der Waals surface area contributed by atoms with E-state index in [0.717, 1.165) is 5.56 Å². The number of nitrogens with zero attached hydrogens (tertiary/aromatic N) is 1. The highest BCUT2D eigenvalue weighted by atomic mass is 19.1. The lowest BCUT2D eigenvalue weighted by molar-refractivity contribution is 0.0948. The zero-order valence-corrected chi connectivity index (χ0v) is 10.0. The van der Waals surface area contributed by atoms with E-state index in [4.69, 9.17) is 0 Å². The second-order valence-electron chi connectivity index (χ2n) is 3.94. The fraction of sp³-hybridized carbons (Fsp3) is 0.154. The van der Waals surface area contributed by atoms with Crippen LogP contribution in [0.25, 0.3) is 0 Å². The number of halogens is 1. The summed E-state index contributed by atoms with van der Waals surface area (Å²) in [5.74, 6) is -0.682. The van der Waals surface area contributed by atoms with Crippen LogP contribution in [0.1, 0.15) is 16.1 Å². The molecule has 2 rings (SSSR count). The van der Waals surface area contributed by atoms with Crippen LogP contribution in [0.15, 0.2) is 41.2 Å². The highest BCUT2D eigenvalue weighted by Crippen LogP contribution is 2.03. The number of hydrogen-bond acceptors (Lipinski definition) is 3. The third-order valence-electron chi connectivity index (χ3n) is 2.50. The van der Waals surface area contributed by atoms with Gasteiger partial charge in [0.1, 0.15) is 11.5 Å². The number of amides is 1. The minimum atomic E-state index is -0.382. The molecule has 0 spiro atoms. The highest BCUT2D eigenvalue weighted by Gasteiger charge is 2.06. The molecule has 0 bridgehead atoms. The molecule has 0 unspecified atom stereocenters. The summed E-state index contributed by atoms with van der Waals surface area (Å²) in [5, 5.41) is 8.43. The summed E-state index contributed by atoms with van der Waals surface area (Å²) in [6.07, 6.45) is 0.521. The van der Waals surface area contributed by atoms with E-state index in [1.165, 1.54) is 24.3 Å². The van der Waals surface area contributed by atoms with Crippen LogP contribution in [0, 0.1) is 5.82 Å². The number of hydrogen-bond donors (Lipinski definition) is 2. The summed E-state index contributed by atoms with van der Waals surface area (Å²) in [6, 6.07) is 8.77. The van der Waals surface area contributed by atoms with Crippen LogP contribution in [0.2, 0.25) is 0 Å². The van der Waals surface area contributed by atoms with Gasteiger partial charge in [-0.05, 0) is 30.2 Å². The van der Waals surface area contributed by atoms with E-state index in [9.17, 15) is 14.0 Å². The van der Waals surface area contributed by atoms with Gasteiger partial charge in [0.25, 0.3) is 11.5 Å². The quantitative estimate of drug-likeness (QED) is 0.858. The van der Waals surface area contributed by atoms with Gasteiger partial charge in [-0.25, -0.2) is 9.49 Å². The molecule has 2 N–H and O–H groups in total. The molecule has 0 aliphatic rings. The van der Waals surface area contributed by atoms with E-state index in [1.807, 2.05) is 0 Å². The first-order valence-electron chi connectivity index (χ1n) is 5.73. The normalized spacial score (nSPS) is 10.2. The summed E-state index contributed by atoms with van der Waals surface area (Å²) < 4.78 is 12.9. The van der Waals surface area contributed by atoms with Gasteiger partial charge in [0.05, 0.1) is 0 Å². The lowest BCUT2D eigenvalue weighted by Crippen LogP contribution is -2.27. The van der Waals surface area contributed by atoms with Crippen LogP contribution in [-0.2, 0) is 6.42 Å². The number of aromatic amines is 1. The van der Waals surface area contributed by atoms with Crippen LogP contribution in [0.4, 0.5) is 4.39 Å². The molecule has 6 heteroatoms. The molecule has 0 fully saturated rings. The van der Waals surface area contributed by atoms with Crippen molar-refractivity contribution in [3.05, 3.63) is 63.8 Å². The molecule has 0 aliphatic carbocycles. The molecule has 0 saturated carbocycles. The summed E-state index contributed by atoms with van der Waals surface area (Å²) in [7, 11) is 0. The monoisotopic (exact) mass is 261 g/mol. The number of nitrogens with one attached hydrogen (secondary N) is 2. The van der Waals surface area contributed by atoms with Crippen molar-refractivity contribution in [3.63, 3.8) is 0 Å². The fourth-order valence-electron chi connectivity index (χ4n) is 1.57. The molecule has 5 nitrogen and oxygen atoms in total. The lowest BCUT2D eigenvalue weighted by Gasteiger charge is -2.04. The van der Waals surface area contributed by atoms with Gasteiger partial charge in [-0.15, -0.1) is 0 Å². The standard InChI is InChI=1S/C13H12FN3O2/c14-10-3-1-2-9(8-10)6-7-15-13(19)11-4-5-12(18)17-16-11/h1-5,8H,6-7H2,(H,15,19)(H,17,18). The predicted octanol–water partition coefficient (Wildman–Crippen LogP) is 0.881. The predicted molar refractivity (Wildman–Crippen MR) is 67.3 cm³/mol. The van der Waals surface area contributed by atoms with Gasteiger partial charge in [0.2, 0.25) is 0 Å². The Hall–Kier alpha value is -2.50. The van der Waals surface area contributed by atoms with E-state index in [1.54, 1.807) is 12.1 Å². The average molecular weight is 261 g/mol. The maximum absolute atomic E-state index is 12.9. The smallest absolute Gasteiger partial charge is 0.271 e. The Balaban J connectivity index is 1.87. The van der Waals surface area contributed by atoms with Crippen molar-refractivity contribution >= 4 is 5.91 Å². The Kier molecular flexibility index (Phi) is 4.02. The number of H-pyrrole nitrogens is 1. The molecule has 0 atom stereocenters. The van der Waals surface area contributed by atoms with E-state index < -0.39 is 0 Å². The molecule has 0 saturated heterocycles. The second kappa shape index (κ2) is 5.90. The van der Waals surface area contributed by atoms with E-state index >= 15 is 0 Å². The SMILES string of the molecule is O=C(NCCc1cccc(F)c1)c1ccc(=O)[nH]n1. The first-order chi connectivity index (χ1) is 9.15. The van der Waals surface area contributed by atoms with Gasteiger partial charge < -0.3 is 5.32 Å². The highest BCUT2D eigenvalue weighted by molar-refractivity contribution is 5.91. The number of aromatic nitrogens is 2. The fourth-order valence-corrected chi connectivity index (χ4v) is 1.57. The average Bonchev–Trinajstić information content (AvgIpc) is 2.39. The Morgan fingerprint density at radius 2 is 2.16 bits per heavy atom. The topological polar surface area (TPSA) is 74.8 Å². The van der Waals surface area contributed by atoms with Crippen molar-refractivity contribution in [3.8, 4) is 0 Å². The van der Waals surface area contributed by atoms with Crippen molar-refractivity contribution in [2.75, 3.05) is 6.54 Å². The molecular formula is C13H12FN3O2. The van der Waals surface area contributed by atoms with Gasteiger partial charge in [0, 0.05) is 12.6 Å². The second-order valence-corrected chi connectivity index (χ2v) is 3.94. The molecule has 1 amide bonds. The van der Waals surface area contributed by atoms with E-state index in [2.05, 4.69) is 15.5 Å². The van der Waals surface area contributed by atoms with Crippen LogP contribution in [0.3, 0.4) is 0 Å². The van der Waals surface area contributed by atoms with Crippen LogP contribution < -0.4 is 10.9 Å². The molecule has 19 heavy (non-hydrogen) atoms. The van der Waals surface area contributed by atoms with Crippen LogP contribution in [-0.4, -0.2) is 22.6 Å². The minimum absolute atomic E-state index is 0.138. The zero-order valence-electron chi connectivity index (χ0n) is 10.0. The summed E-state index contributed by atoms with van der Waals surface area (Å²) >= 11 is 0. The third-order valence-corrected chi connectivity index (χ3v) is 2.50. The molecule has 2 aromatic rings. The third kappa shape index (κ3) is 3.74. The van der Waals surface area contributed by atoms with E-state index in [-0.39, 0.29) is 23.0 Å². The summed E-state index contributed by atoms with van der Waals surface area (Å²) in [4.78, 5) is 22.4. The number of rotatable bonds is 4. The van der Waals surface area contributed by atoms with Gasteiger partial charge in [-0.2, -0.15) is 5.10 Å². The maximum atomic E-state index is 12.9. The Bertz CT molecular complexity index is 619. The van der Waals surface area contributed by atoms with Crippen molar-refractivity contribution in [1.82, 2.24) is 15.5 Å². The number of benzene rings is 1. The van der Waals surface area contributed by atoms with Gasteiger partial charge >= 0.3 is 0 Å². The first kappa shape index (κ1) is 12.9. The van der Waals surface area contributed by atoms with Crippen molar-refractivity contribution in [1.29, 1.82) is 0 Å². The maximum Gasteiger partial charge on any atom is 0.271 e. The lowest BCUT2D eigenvalue weighted by atomic mass is 10.1. The molecule has 1 aromatic carbocycles. The zero-order chi connectivity index (χ0) is 13.7. The molecular weight excluding hydrogens is 249 g/mol. The van der Waals surface area contributed by atoms with Crippen LogP contribution >= 0.6 is 0 Å². The van der Waals surface area contributed by atoms with Crippen molar-refractivity contribution < 1.29 is 9.18 Å². The summed E-state index contributed by atoms with van der Waals surface area (Å²) in [5.41, 5.74) is 0.574. The Morgan fingerprint density at radius 1 is 1.32 bits per heavy atom. The number of carbonyl (C=O) groups excluding carboxylic acids is 1. The van der Waals surface area contributed by atoms with E-state index in [0.29, 0.717) is 13.0 Å². The molecule has 0 aliphatic heterocycles. The molecule has 1 heterocycles. The molecule has 98 valence electrons. The minimum Gasteiger partial charge on any atom is -0.350 e. The van der Waals surface area contributed by atoms with Crippen LogP contribution in [0.5, 0.6) is 0 Å². The van der Waals surface area contributed by atoms with Crippen molar-refractivity contribution in [2.45, 2.75) is 6.42 Å². The number of carbonyl (C=O) groups is 1. The Labute approximate surface area is 108 Å². The summed E-state index contributed by atoms with van der Waals surface area (Å²) in [6.45, 7) is 0.364. The largest absolute Gasteiger partial charge is 0.350 e. The van der Waals surface area contributed by atoms with Crippen molar-refractivity contribution in [2.24, 2.45) is 0 Å². The van der Waals surface area contributed by atoms with Gasteiger partial charge in [-0.1, -0.05) is 12.1 Å². The first-order valence-corrected chi connectivity index (χ1v) is 5.73. The van der Waals surface area contributed by atoms with Gasteiger partial charge in [0.15, 0.2) is 0 Å².